The van der Waals surface area contributed by atoms with E-state index in [-0.39, 0.29) is 5.54 Å². The van der Waals surface area contributed by atoms with E-state index in [1.807, 2.05) is 13.8 Å². The summed E-state index contributed by atoms with van der Waals surface area (Å²) in [6, 6.07) is 0. The number of hydrogen-bond acceptors (Lipinski definition) is 1. The van der Waals surface area contributed by atoms with Crippen molar-refractivity contribution in [2.24, 2.45) is 11.1 Å². The molecule has 1 atom stereocenters. The van der Waals surface area contributed by atoms with Crippen LogP contribution in [-0.2, 0) is 0 Å². The maximum atomic E-state index is 5.95. The van der Waals surface area contributed by atoms with Crippen molar-refractivity contribution in [1.82, 2.24) is 0 Å². The molecular formula is C10H23N. The molecule has 0 aromatic heterocycles. The van der Waals surface area contributed by atoms with Gasteiger partial charge >= 0.3 is 0 Å². The average molecular weight is 157 g/mol. The fraction of sp³-hybridized carbons (Fsp3) is 1.00. The van der Waals surface area contributed by atoms with Crippen molar-refractivity contribution >= 4 is 0 Å². The Bertz CT molecular complexity index is 100. The van der Waals surface area contributed by atoms with Crippen LogP contribution in [0.5, 0.6) is 0 Å². The monoisotopic (exact) mass is 157 g/mol. The Morgan fingerprint density at radius 3 is 1.55 bits per heavy atom. The van der Waals surface area contributed by atoms with E-state index in [9.17, 15) is 0 Å². The molecule has 1 nitrogen and oxygen atoms in total. The summed E-state index contributed by atoms with van der Waals surface area (Å²) in [7, 11) is 0. The van der Waals surface area contributed by atoms with E-state index in [4.69, 9.17) is 5.73 Å². The van der Waals surface area contributed by atoms with Gasteiger partial charge in [-0.25, -0.2) is 0 Å². The summed E-state index contributed by atoms with van der Waals surface area (Å²) in [6.45, 7) is 10.7. The standard InChI is InChI=1S/C8H17N.C2H6/c1-7(2)4-5-8(3,9)6-7;1-2/h4-6,9H2,1-3H3;1-2H3. The van der Waals surface area contributed by atoms with Crippen molar-refractivity contribution in [1.29, 1.82) is 0 Å². The summed E-state index contributed by atoms with van der Waals surface area (Å²) < 4.78 is 0. The van der Waals surface area contributed by atoms with Crippen LogP contribution in [0.3, 0.4) is 0 Å². The van der Waals surface area contributed by atoms with E-state index in [1.165, 1.54) is 19.3 Å². The smallest absolute Gasteiger partial charge is 0.0131 e. The molecule has 1 rings (SSSR count). The number of nitrogens with two attached hydrogens (primary N) is 1. The second-order valence-electron chi connectivity index (χ2n) is 4.50. The van der Waals surface area contributed by atoms with Crippen LogP contribution in [0, 0.1) is 5.41 Å². The van der Waals surface area contributed by atoms with Gasteiger partial charge in [-0.15, -0.1) is 0 Å². The molecule has 0 aromatic carbocycles. The van der Waals surface area contributed by atoms with E-state index < -0.39 is 0 Å². The van der Waals surface area contributed by atoms with Crippen LogP contribution < -0.4 is 5.73 Å². The van der Waals surface area contributed by atoms with Gasteiger partial charge in [-0.3, -0.25) is 0 Å². The zero-order valence-electron chi connectivity index (χ0n) is 8.70. The average Bonchev–Trinajstić information content (AvgIpc) is 2.10. The van der Waals surface area contributed by atoms with Crippen LogP contribution in [0.1, 0.15) is 53.9 Å². The van der Waals surface area contributed by atoms with E-state index in [0.717, 1.165) is 0 Å². The summed E-state index contributed by atoms with van der Waals surface area (Å²) >= 11 is 0. The minimum Gasteiger partial charge on any atom is -0.325 e. The SMILES string of the molecule is CC.CC1(C)CCC(C)(N)C1. The molecule has 1 unspecified atom stereocenters. The molecule has 0 saturated heterocycles. The van der Waals surface area contributed by atoms with Crippen molar-refractivity contribution in [2.45, 2.75) is 59.4 Å². The maximum absolute atomic E-state index is 5.95. The van der Waals surface area contributed by atoms with Gasteiger partial charge in [0.2, 0.25) is 0 Å². The summed E-state index contributed by atoms with van der Waals surface area (Å²) in [4.78, 5) is 0. The topological polar surface area (TPSA) is 26.0 Å². The number of rotatable bonds is 0. The van der Waals surface area contributed by atoms with Crippen LogP contribution in [0.15, 0.2) is 0 Å². The highest BCUT2D eigenvalue weighted by Gasteiger charge is 2.36. The van der Waals surface area contributed by atoms with Gasteiger partial charge < -0.3 is 5.73 Å². The van der Waals surface area contributed by atoms with Crippen molar-refractivity contribution < 1.29 is 0 Å². The van der Waals surface area contributed by atoms with Crippen LogP contribution in [0.2, 0.25) is 0 Å². The highest BCUT2D eigenvalue weighted by Crippen LogP contribution is 2.41. The van der Waals surface area contributed by atoms with E-state index in [0.29, 0.717) is 5.41 Å². The highest BCUT2D eigenvalue weighted by atomic mass is 14.7. The largest absolute Gasteiger partial charge is 0.325 e. The molecule has 1 saturated carbocycles. The predicted octanol–water partition coefficient (Wildman–Crippen LogP) is 2.94. The lowest BCUT2D eigenvalue weighted by Crippen LogP contribution is -2.33. The van der Waals surface area contributed by atoms with E-state index in [1.54, 1.807) is 0 Å². The molecule has 11 heavy (non-hydrogen) atoms. The Kier molecular flexibility index (Phi) is 3.56. The normalized spacial score (nSPS) is 34.4. The van der Waals surface area contributed by atoms with E-state index >= 15 is 0 Å². The van der Waals surface area contributed by atoms with Crippen LogP contribution in [0.4, 0.5) is 0 Å². The van der Waals surface area contributed by atoms with E-state index in [2.05, 4.69) is 20.8 Å². The lowest BCUT2D eigenvalue weighted by molar-refractivity contribution is 0.348. The van der Waals surface area contributed by atoms with Crippen molar-refractivity contribution in [2.75, 3.05) is 0 Å². The van der Waals surface area contributed by atoms with Gasteiger partial charge in [0.15, 0.2) is 0 Å². The van der Waals surface area contributed by atoms with Gasteiger partial charge in [0, 0.05) is 5.54 Å². The second-order valence-corrected chi connectivity index (χ2v) is 4.50. The molecule has 1 aliphatic carbocycles. The zero-order valence-corrected chi connectivity index (χ0v) is 8.70. The van der Waals surface area contributed by atoms with Gasteiger partial charge in [0.1, 0.15) is 0 Å². The van der Waals surface area contributed by atoms with Gasteiger partial charge in [0.25, 0.3) is 0 Å². The van der Waals surface area contributed by atoms with Crippen molar-refractivity contribution in [3.63, 3.8) is 0 Å². The third kappa shape index (κ3) is 3.76. The molecule has 1 aliphatic rings. The minimum atomic E-state index is 0.128. The first-order valence-electron chi connectivity index (χ1n) is 4.70. The summed E-state index contributed by atoms with van der Waals surface area (Å²) in [5, 5.41) is 0. The lowest BCUT2D eigenvalue weighted by Gasteiger charge is -2.21. The van der Waals surface area contributed by atoms with Crippen molar-refractivity contribution in [3.05, 3.63) is 0 Å². The van der Waals surface area contributed by atoms with Gasteiger partial charge in [-0.1, -0.05) is 27.7 Å². The molecular weight excluding hydrogens is 134 g/mol. The summed E-state index contributed by atoms with van der Waals surface area (Å²) in [5.41, 5.74) is 6.59. The Balaban J connectivity index is 0.000000461. The predicted molar refractivity (Wildman–Crippen MR) is 51.6 cm³/mol. The van der Waals surface area contributed by atoms with Crippen LogP contribution >= 0.6 is 0 Å². The molecule has 0 aliphatic heterocycles. The Labute approximate surface area is 71.4 Å². The molecule has 0 bridgehead atoms. The summed E-state index contributed by atoms with van der Waals surface area (Å²) in [5.74, 6) is 0. The fourth-order valence-corrected chi connectivity index (χ4v) is 1.89. The first-order chi connectivity index (χ1) is 4.91. The first-order valence-corrected chi connectivity index (χ1v) is 4.70. The van der Waals surface area contributed by atoms with Crippen LogP contribution in [0.25, 0.3) is 0 Å². The van der Waals surface area contributed by atoms with Gasteiger partial charge in [-0.2, -0.15) is 0 Å². The molecule has 68 valence electrons. The van der Waals surface area contributed by atoms with Crippen LogP contribution in [-0.4, -0.2) is 5.54 Å². The summed E-state index contributed by atoms with van der Waals surface area (Å²) in [6.07, 6.45) is 3.67. The second kappa shape index (κ2) is 3.57. The molecule has 0 radical (unpaired) electrons. The molecule has 0 spiro atoms. The lowest BCUT2D eigenvalue weighted by atomic mass is 9.89. The fourth-order valence-electron chi connectivity index (χ4n) is 1.89. The Hall–Kier alpha value is -0.0400. The zero-order chi connectivity index (χ0) is 9.12. The maximum Gasteiger partial charge on any atom is 0.0131 e. The minimum absolute atomic E-state index is 0.128. The third-order valence-corrected chi connectivity index (χ3v) is 2.26. The molecule has 1 fully saturated rings. The van der Waals surface area contributed by atoms with Gasteiger partial charge in [-0.05, 0) is 31.6 Å². The quantitative estimate of drug-likeness (QED) is 0.575. The third-order valence-electron chi connectivity index (χ3n) is 2.26. The molecule has 0 heterocycles. The molecule has 1 heteroatoms. The number of hydrogen-bond donors (Lipinski definition) is 1. The highest BCUT2D eigenvalue weighted by molar-refractivity contribution is 4.93. The molecule has 2 N–H and O–H groups in total. The van der Waals surface area contributed by atoms with Gasteiger partial charge in [0.05, 0.1) is 0 Å². The molecule has 0 aromatic rings. The molecule has 0 amide bonds. The first kappa shape index (κ1) is 11.0. The van der Waals surface area contributed by atoms with Crippen molar-refractivity contribution in [3.8, 4) is 0 Å². The Morgan fingerprint density at radius 1 is 1.00 bits per heavy atom. The Morgan fingerprint density at radius 2 is 1.45 bits per heavy atom.